The van der Waals surface area contributed by atoms with Crippen LogP contribution in [0.3, 0.4) is 0 Å². The zero-order chi connectivity index (χ0) is 13.7. The highest BCUT2D eigenvalue weighted by atomic mass is 16.3. The van der Waals surface area contributed by atoms with Crippen molar-refractivity contribution in [3.63, 3.8) is 0 Å². The highest BCUT2D eigenvalue weighted by Gasteiger charge is 2.27. The van der Waals surface area contributed by atoms with Crippen molar-refractivity contribution >= 4 is 5.91 Å². The Bertz CT molecular complexity index is 294. The smallest absolute Gasteiger partial charge is 0.236 e. The second-order valence-corrected chi connectivity index (χ2v) is 6.22. The molecule has 0 aromatic carbocycles. The van der Waals surface area contributed by atoms with Crippen molar-refractivity contribution in [1.82, 2.24) is 9.80 Å². The van der Waals surface area contributed by atoms with E-state index in [2.05, 4.69) is 11.8 Å². The van der Waals surface area contributed by atoms with E-state index in [1.54, 1.807) is 0 Å². The predicted octanol–water partition coefficient (Wildman–Crippen LogP) is 1.48. The molecule has 4 heteroatoms. The second kappa shape index (κ2) is 7.25. The molecule has 2 aliphatic rings. The van der Waals surface area contributed by atoms with E-state index in [9.17, 15) is 4.79 Å². The van der Waals surface area contributed by atoms with Crippen LogP contribution in [0, 0.1) is 5.92 Å². The van der Waals surface area contributed by atoms with Gasteiger partial charge in [0, 0.05) is 25.7 Å². The number of piperidine rings is 2. The summed E-state index contributed by atoms with van der Waals surface area (Å²) in [6, 6.07) is 0.407. The summed E-state index contributed by atoms with van der Waals surface area (Å²) in [7, 11) is 0. The van der Waals surface area contributed by atoms with Crippen LogP contribution in [0.25, 0.3) is 0 Å². The van der Waals surface area contributed by atoms with Crippen LogP contribution in [0.1, 0.15) is 45.4 Å². The van der Waals surface area contributed by atoms with E-state index in [0.29, 0.717) is 18.5 Å². The predicted molar refractivity (Wildman–Crippen MR) is 75.9 cm³/mol. The van der Waals surface area contributed by atoms with E-state index in [4.69, 9.17) is 5.11 Å². The largest absolute Gasteiger partial charge is 0.396 e. The summed E-state index contributed by atoms with van der Waals surface area (Å²) < 4.78 is 0. The maximum atomic E-state index is 12.4. The SMILES string of the molecule is CC1CCCN(C(=O)CN2CCCCC2CCO)C1. The average molecular weight is 268 g/mol. The molecule has 2 heterocycles. The van der Waals surface area contributed by atoms with Gasteiger partial charge in [-0.25, -0.2) is 0 Å². The Labute approximate surface area is 116 Å². The summed E-state index contributed by atoms with van der Waals surface area (Å²) in [5, 5.41) is 9.13. The third-order valence-corrected chi connectivity index (χ3v) is 4.56. The van der Waals surface area contributed by atoms with Gasteiger partial charge in [0.1, 0.15) is 0 Å². The summed E-state index contributed by atoms with van der Waals surface area (Å²) in [5.41, 5.74) is 0. The van der Waals surface area contributed by atoms with Gasteiger partial charge < -0.3 is 10.0 Å². The van der Waals surface area contributed by atoms with Gasteiger partial charge in [0.25, 0.3) is 0 Å². The fourth-order valence-corrected chi connectivity index (χ4v) is 3.43. The maximum Gasteiger partial charge on any atom is 0.236 e. The molecule has 19 heavy (non-hydrogen) atoms. The zero-order valence-electron chi connectivity index (χ0n) is 12.2. The Balaban J connectivity index is 1.85. The molecule has 2 fully saturated rings. The highest BCUT2D eigenvalue weighted by molar-refractivity contribution is 5.78. The molecule has 0 saturated carbocycles. The van der Waals surface area contributed by atoms with Crippen molar-refractivity contribution < 1.29 is 9.90 Å². The first-order valence-electron chi connectivity index (χ1n) is 7.83. The lowest BCUT2D eigenvalue weighted by Crippen LogP contribution is -2.49. The van der Waals surface area contributed by atoms with Crippen LogP contribution in [0.5, 0.6) is 0 Å². The van der Waals surface area contributed by atoms with Crippen LogP contribution >= 0.6 is 0 Å². The van der Waals surface area contributed by atoms with Crippen molar-refractivity contribution in [2.24, 2.45) is 5.92 Å². The van der Waals surface area contributed by atoms with Crippen LogP contribution in [0.2, 0.25) is 0 Å². The standard InChI is InChI=1S/C15H28N2O2/c1-13-5-4-9-17(11-13)15(19)12-16-8-3-2-6-14(16)7-10-18/h13-14,18H,2-12H2,1H3. The van der Waals surface area contributed by atoms with Crippen LogP contribution in [-0.2, 0) is 4.79 Å². The number of likely N-dealkylation sites (tertiary alicyclic amines) is 2. The molecule has 0 bridgehead atoms. The van der Waals surface area contributed by atoms with Gasteiger partial charge in [-0.05, 0) is 44.6 Å². The summed E-state index contributed by atoms with van der Waals surface area (Å²) in [5.74, 6) is 0.934. The van der Waals surface area contributed by atoms with E-state index < -0.39 is 0 Å². The lowest BCUT2D eigenvalue weighted by atomic mass is 9.98. The summed E-state index contributed by atoms with van der Waals surface area (Å²) in [6.45, 7) is 5.89. The minimum absolute atomic E-state index is 0.232. The van der Waals surface area contributed by atoms with Crippen molar-refractivity contribution in [2.45, 2.75) is 51.5 Å². The molecule has 0 aliphatic carbocycles. The average Bonchev–Trinajstić information content (AvgIpc) is 2.41. The Morgan fingerprint density at radius 3 is 2.79 bits per heavy atom. The first kappa shape index (κ1) is 14.8. The normalized spacial score (nSPS) is 29.5. The lowest BCUT2D eigenvalue weighted by molar-refractivity contribution is -0.135. The number of nitrogens with zero attached hydrogens (tertiary/aromatic N) is 2. The fraction of sp³-hybridized carbons (Fsp3) is 0.933. The molecule has 1 N–H and O–H groups in total. The van der Waals surface area contributed by atoms with Crippen LogP contribution < -0.4 is 0 Å². The summed E-state index contributed by atoms with van der Waals surface area (Å²) in [4.78, 5) is 16.7. The molecule has 2 unspecified atom stereocenters. The molecule has 1 amide bonds. The molecule has 0 radical (unpaired) electrons. The van der Waals surface area contributed by atoms with E-state index in [0.717, 1.165) is 38.9 Å². The van der Waals surface area contributed by atoms with Crippen molar-refractivity contribution in [1.29, 1.82) is 0 Å². The minimum atomic E-state index is 0.232. The molecule has 2 saturated heterocycles. The molecular formula is C15H28N2O2. The van der Waals surface area contributed by atoms with Gasteiger partial charge in [0.15, 0.2) is 0 Å². The minimum Gasteiger partial charge on any atom is -0.396 e. The molecule has 0 aromatic rings. The zero-order valence-corrected chi connectivity index (χ0v) is 12.2. The third kappa shape index (κ3) is 4.18. The van der Waals surface area contributed by atoms with Crippen molar-refractivity contribution in [3.8, 4) is 0 Å². The molecule has 0 spiro atoms. The molecule has 0 aromatic heterocycles. The Morgan fingerprint density at radius 1 is 1.21 bits per heavy atom. The lowest BCUT2D eigenvalue weighted by Gasteiger charge is -2.38. The second-order valence-electron chi connectivity index (χ2n) is 6.22. The molecule has 2 aliphatic heterocycles. The maximum absolute atomic E-state index is 12.4. The molecule has 110 valence electrons. The number of amides is 1. The van der Waals surface area contributed by atoms with Gasteiger partial charge in [-0.1, -0.05) is 13.3 Å². The third-order valence-electron chi connectivity index (χ3n) is 4.56. The molecule has 2 atom stereocenters. The van der Waals surface area contributed by atoms with Crippen LogP contribution in [-0.4, -0.2) is 59.6 Å². The van der Waals surface area contributed by atoms with Gasteiger partial charge >= 0.3 is 0 Å². The molecule has 2 rings (SSSR count). The number of aliphatic hydroxyl groups is 1. The van der Waals surface area contributed by atoms with E-state index in [-0.39, 0.29) is 12.5 Å². The number of hydrogen-bond acceptors (Lipinski definition) is 3. The van der Waals surface area contributed by atoms with Gasteiger partial charge in [-0.3, -0.25) is 9.69 Å². The number of aliphatic hydroxyl groups excluding tert-OH is 1. The first-order chi connectivity index (χ1) is 9.20. The fourth-order valence-electron chi connectivity index (χ4n) is 3.43. The topological polar surface area (TPSA) is 43.8 Å². The first-order valence-corrected chi connectivity index (χ1v) is 7.83. The van der Waals surface area contributed by atoms with E-state index >= 15 is 0 Å². The van der Waals surface area contributed by atoms with Crippen LogP contribution in [0.4, 0.5) is 0 Å². The number of rotatable bonds is 4. The monoisotopic (exact) mass is 268 g/mol. The van der Waals surface area contributed by atoms with Crippen molar-refractivity contribution in [3.05, 3.63) is 0 Å². The van der Waals surface area contributed by atoms with E-state index in [1.807, 2.05) is 4.90 Å². The quantitative estimate of drug-likeness (QED) is 0.840. The van der Waals surface area contributed by atoms with Crippen LogP contribution in [0.15, 0.2) is 0 Å². The van der Waals surface area contributed by atoms with Gasteiger partial charge in [0.2, 0.25) is 5.91 Å². The number of hydrogen-bond donors (Lipinski definition) is 1. The summed E-state index contributed by atoms with van der Waals surface area (Å²) >= 11 is 0. The Morgan fingerprint density at radius 2 is 2.05 bits per heavy atom. The number of carbonyl (C=O) groups excluding carboxylic acids is 1. The Kier molecular flexibility index (Phi) is 5.64. The highest BCUT2D eigenvalue weighted by Crippen LogP contribution is 2.21. The van der Waals surface area contributed by atoms with Gasteiger partial charge in [0.05, 0.1) is 6.54 Å². The van der Waals surface area contributed by atoms with Crippen molar-refractivity contribution in [2.75, 3.05) is 32.8 Å². The van der Waals surface area contributed by atoms with Gasteiger partial charge in [-0.2, -0.15) is 0 Å². The molecule has 4 nitrogen and oxygen atoms in total. The number of carbonyl (C=O) groups is 1. The Hall–Kier alpha value is -0.610. The van der Waals surface area contributed by atoms with Gasteiger partial charge in [-0.15, -0.1) is 0 Å². The van der Waals surface area contributed by atoms with E-state index in [1.165, 1.54) is 19.3 Å². The summed E-state index contributed by atoms with van der Waals surface area (Å²) in [6.07, 6.45) is 6.75. The molecular weight excluding hydrogens is 240 g/mol.